The van der Waals surface area contributed by atoms with E-state index in [9.17, 15) is 29.0 Å². The van der Waals surface area contributed by atoms with Crippen LogP contribution in [0.15, 0.2) is 103 Å². The van der Waals surface area contributed by atoms with Crippen molar-refractivity contribution in [3.05, 3.63) is 130 Å². The topological polar surface area (TPSA) is 136 Å². The molecule has 0 radical (unpaired) electrons. The molecule has 4 aromatic carbocycles. The summed E-state index contributed by atoms with van der Waals surface area (Å²) in [6.45, 7) is 0.138. The SMILES string of the molecule is COc1cccc(O)c1C1C2=CCC3C(=O)N(CCc4ccc(O)cc4)C(=O)C3C2CC2C(=O)N(Nc3ccc(F)cc3)C(=O)C21c1ccc(Cl)cc1. The van der Waals surface area contributed by atoms with Gasteiger partial charge in [0, 0.05) is 23.0 Å². The highest BCUT2D eigenvalue weighted by atomic mass is 35.5. The van der Waals surface area contributed by atoms with Gasteiger partial charge in [-0.25, -0.2) is 4.39 Å². The fourth-order valence-corrected chi connectivity index (χ4v) is 9.28. The second kappa shape index (κ2) is 13.1. The zero-order valence-electron chi connectivity index (χ0n) is 28.5. The molecule has 6 unspecified atom stereocenters. The fourth-order valence-electron chi connectivity index (χ4n) is 9.16. The molecule has 4 aromatic rings. The summed E-state index contributed by atoms with van der Waals surface area (Å²) in [5, 5.41) is 22.7. The molecule has 4 aliphatic rings. The van der Waals surface area contributed by atoms with E-state index in [2.05, 4.69) is 5.43 Å². The number of hydrogen-bond acceptors (Lipinski definition) is 8. The van der Waals surface area contributed by atoms with E-state index < -0.39 is 52.6 Å². The molecule has 12 heteroatoms. The van der Waals surface area contributed by atoms with Gasteiger partial charge in [-0.05, 0) is 97.0 Å². The van der Waals surface area contributed by atoms with Crippen molar-refractivity contribution in [2.24, 2.45) is 23.7 Å². The Balaban J connectivity index is 1.28. The van der Waals surface area contributed by atoms with E-state index >= 15 is 4.79 Å². The molecule has 1 saturated carbocycles. The summed E-state index contributed by atoms with van der Waals surface area (Å²) in [5.74, 6) is -6.33. The quantitative estimate of drug-likeness (QED) is 0.145. The Hall–Kier alpha value is -5.68. The Morgan fingerprint density at radius 1 is 0.887 bits per heavy atom. The van der Waals surface area contributed by atoms with Gasteiger partial charge in [0.15, 0.2) is 0 Å². The smallest absolute Gasteiger partial charge is 0.260 e. The number of methoxy groups -OCH3 is 1. The zero-order chi connectivity index (χ0) is 37.2. The molecule has 3 fully saturated rings. The van der Waals surface area contributed by atoms with Crippen LogP contribution in [0.2, 0.25) is 5.02 Å². The lowest BCUT2D eigenvalue weighted by atomic mass is 9.49. The molecule has 4 amide bonds. The van der Waals surface area contributed by atoms with Gasteiger partial charge >= 0.3 is 0 Å². The van der Waals surface area contributed by atoms with Crippen molar-refractivity contribution in [3.63, 3.8) is 0 Å². The second-order valence-electron chi connectivity index (χ2n) is 14.0. The van der Waals surface area contributed by atoms with Gasteiger partial charge in [0.2, 0.25) is 11.8 Å². The normalized spacial score (nSPS) is 26.2. The molecule has 0 aromatic heterocycles. The summed E-state index contributed by atoms with van der Waals surface area (Å²) in [6.07, 6.45) is 2.56. The number of aromatic hydroxyl groups is 2. The highest BCUT2D eigenvalue weighted by Gasteiger charge is 2.71. The number of halogens is 2. The summed E-state index contributed by atoms with van der Waals surface area (Å²) in [7, 11) is 1.45. The van der Waals surface area contributed by atoms with E-state index in [0.717, 1.165) is 10.6 Å². The van der Waals surface area contributed by atoms with Gasteiger partial charge in [-0.2, -0.15) is 5.01 Å². The maximum Gasteiger partial charge on any atom is 0.260 e. The lowest BCUT2D eigenvalue weighted by Gasteiger charge is -2.50. The van der Waals surface area contributed by atoms with Crippen LogP contribution < -0.4 is 10.2 Å². The molecule has 0 bridgehead atoms. The van der Waals surface area contributed by atoms with Gasteiger partial charge in [-0.3, -0.25) is 29.5 Å². The van der Waals surface area contributed by atoms with Gasteiger partial charge in [-0.1, -0.05) is 53.6 Å². The lowest BCUT2D eigenvalue weighted by molar-refractivity contribution is -0.141. The molecule has 2 heterocycles. The maximum atomic E-state index is 15.3. The summed E-state index contributed by atoms with van der Waals surface area (Å²) in [4.78, 5) is 59.7. The number of phenolic OH excluding ortho intramolecular Hbond substituents is 2. The van der Waals surface area contributed by atoms with Crippen LogP contribution in [0.1, 0.15) is 35.4 Å². The van der Waals surface area contributed by atoms with Crippen molar-refractivity contribution < 1.29 is 38.5 Å². The molecule has 270 valence electrons. The summed E-state index contributed by atoms with van der Waals surface area (Å²) >= 11 is 6.36. The predicted molar refractivity (Wildman–Crippen MR) is 192 cm³/mol. The minimum Gasteiger partial charge on any atom is -0.508 e. The van der Waals surface area contributed by atoms with E-state index in [1.54, 1.807) is 60.7 Å². The number of allylic oxidation sites excluding steroid dienone is 2. The molecule has 2 aliphatic carbocycles. The minimum atomic E-state index is -1.67. The number of hydrazine groups is 1. The van der Waals surface area contributed by atoms with Crippen LogP contribution >= 0.6 is 11.6 Å². The van der Waals surface area contributed by atoms with Gasteiger partial charge < -0.3 is 14.9 Å². The summed E-state index contributed by atoms with van der Waals surface area (Å²) < 4.78 is 19.7. The third-order valence-electron chi connectivity index (χ3n) is 11.5. The Morgan fingerprint density at radius 2 is 1.60 bits per heavy atom. The first-order chi connectivity index (χ1) is 25.5. The predicted octanol–water partition coefficient (Wildman–Crippen LogP) is 6.13. The van der Waals surface area contributed by atoms with Crippen molar-refractivity contribution in [1.82, 2.24) is 9.91 Å². The lowest BCUT2D eigenvalue weighted by Crippen LogP contribution is -2.53. The number of rotatable bonds is 8. The standard InChI is InChI=1S/C41H35ClFN3O7/c1-53-33-4-2-3-32(48)35(33)36-28-17-18-29-34(39(51)45(37(29)49)20-19-22-5-15-27(47)16-6-22)30(28)21-31-38(50)46(44-26-13-11-25(43)12-14-26)40(52)41(31,36)23-7-9-24(42)10-8-23/h2-17,29-31,34,36,44,47-48H,18-21H2,1H3. The molecule has 2 saturated heterocycles. The van der Waals surface area contributed by atoms with Crippen molar-refractivity contribution in [1.29, 1.82) is 0 Å². The number of ether oxygens (including phenoxy) is 1. The van der Waals surface area contributed by atoms with E-state index in [1.807, 2.05) is 6.08 Å². The average molecular weight is 736 g/mol. The van der Waals surface area contributed by atoms with Crippen molar-refractivity contribution in [3.8, 4) is 17.2 Å². The van der Waals surface area contributed by atoms with Crippen LogP contribution in [0.4, 0.5) is 10.1 Å². The number of imide groups is 2. The number of nitrogens with one attached hydrogen (secondary N) is 1. The number of anilines is 1. The zero-order valence-corrected chi connectivity index (χ0v) is 29.3. The number of hydrogen-bond donors (Lipinski definition) is 3. The number of amides is 4. The number of carbonyl (C=O) groups is 4. The van der Waals surface area contributed by atoms with E-state index in [-0.39, 0.29) is 54.0 Å². The Kier molecular flexibility index (Phi) is 8.48. The third-order valence-corrected chi connectivity index (χ3v) is 11.7. The van der Waals surface area contributed by atoms with Crippen molar-refractivity contribution in [2.75, 3.05) is 19.1 Å². The number of likely N-dealkylation sites (tertiary alicyclic amines) is 1. The number of benzene rings is 4. The highest BCUT2D eigenvalue weighted by molar-refractivity contribution is 6.30. The fraction of sp³-hybridized carbons (Fsp3) is 0.268. The Labute approximate surface area is 309 Å². The second-order valence-corrected chi connectivity index (χ2v) is 14.4. The Morgan fingerprint density at radius 3 is 2.30 bits per heavy atom. The minimum absolute atomic E-state index is 0.0546. The van der Waals surface area contributed by atoms with Crippen LogP contribution in [0.3, 0.4) is 0 Å². The third kappa shape index (κ3) is 5.36. The first-order valence-corrected chi connectivity index (χ1v) is 17.8. The Bertz CT molecular complexity index is 2180. The number of carbonyl (C=O) groups excluding carboxylic acids is 4. The van der Waals surface area contributed by atoms with Crippen LogP contribution in [0, 0.1) is 29.5 Å². The van der Waals surface area contributed by atoms with E-state index in [0.29, 0.717) is 28.3 Å². The molecule has 8 rings (SSSR count). The molecular weight excluding hydrogens is 701 g/mol. The van der Waals surface area contributed by atoms with Crippen LogP contribution in [-0.2, 0) is 31.0 Å². The molecule has 3 N–H and O–H groups in total. The largest absolute Gasteiger partial charge is 0.508 e. The van der Waals surface area contributed by atoms with Crippen LogP contribution in [0.25, 0.3) is 0 Å². The molecular formula is C41H35ClFN3O7. The van der Waals surface area contributed by atoms with Crippen LogP contribution in [-0.4, -0.2) is 57.4 Å². The molecule has 0 spiro atoms. The van der Waals surface area contributed by atoms with Gasteiger partial charge in [0.05, 0.1) is 36.0 Å². The van der Waals surface area contributed by atoms with Crippen molar-refractivity contribution in [2.45, 2.75) is 30.6 Å². The number of nitrogens with zero attached hydrogens (tertiary/aromatic N) is 2. The molecule has 53 heavy (non-hydrogen) atoms. The highest BCUT2D eigenvalue weighted by Crippen LogP contribution is 2.66. The first-order valence-electron chi connectivity index (χ1n) is 17.4. The molecule has 2 aliphatic heterocycles. The molecule has 6 atom stereocenters. The van der Waals surface area contributed by atoms with Gasteiger partial charge in [-0.15, -0.1) is 0 Å². The molecule has 10 nitrogen and oxygen atoms in total. The van der Waals surface area contributed by atoms with Crippen molar-refractivity contribution >= 4 is 40.9 Å². The van der Waals surface area contributed by atoms with Crippen LogP contribution in [0.5, 0.6) is 17.2 Å². The summed E-state index contributed by atoms with van der Waals surface area (Å²) in [6, 6.07) is 23.3. The van der Waals surface area contributed by atoms with E-state index in [4.69, 9.17) is 16.3 Å². The number of fused-ring (bicyclic) bond motifs is 4. The van der Waals surface area contributed by atoms with Gasteiger partial charge in [0.1, 0.15) is 23.1 Å². The summed E-state index contributed by atoms with van der Waals surface area (Å²) in [5.41, 5.74) is 3.79. The maximum absolute atomic E-state index is 15.3. The first kappa shape index (κ1) is 34.4. The number of phenols is 2. The average Bonchev–Trinajstić information content (AvgIpc) is 3.53. The van der Waals surface area contributed by atoms with E-state index in [1.165, 1.54) is 42.3 Å². The van der Waals surface area contributed by atoms with Gasteiger partial charge in [0.25, 0.3) is 11.8 Å². The monoisotopic (exact) mass is 735 g/mol.